The molecule has 0 heterocycles. The Hall–Kier alpha value is -3.46. The summed E-state index contributed by atoms with van der Waals surface area (Å²) in [5.41, 5.74) is 18.0. The molecule has 3 rings (SSSR count). The molecule has 32 heavy (non-hydrogen) atoms. The van der Waals surface area contributed by atoms with Crippen LogP contribution in [0, 0.1) is 0 Å². The molecule has 2 unspecified atom stereocenters. The van der Waals surface area contributed by atoms with E-state index in [9.17, 15) is 9.59 Å². The SMILES string of the molecule is C=CPC(=O)Nc1ccc(-c2ccc(-c3ccc(NC(=O)PC=C)c(N)c3)cc2)cc1N. The van der Waals surface area contributed by atoms with E-state index in [-0.39, 0.29) is 28.5 Å². The number of nitrogen functional groups attached to an aromatic ring is 2. The van der Waals surface area contributed by atoms with Gasteiger partial charge in [0.15, 0.2) is 0 Å². The highest BCUT2D eigenvalue weighted by Crippen LogP contribution is 2.32. The number of hydrogen-bond acceptors (Lipinski definition) is 4. The maximum absolute atomic E-state index is 11.8. The lowest BCUT2D eigenvalue weighted by molar-refractivity contribution is 0.268. The van der Waals surface area contributed by atoms with Crippen LogP contribution in [0.15, 0.2) is 85.5 Å². The Morgan fingerprint density at radius 3 is 1.31 bits per heavy atom. The average Bonchev–Trinajstić information content (AvgIpc) is 2.77. The number of anilines is 4. The summed E-state index contributed by atoms with van der Waals surface area (Å²) in [6.07, 6.45) is 0. The van der Waals surface area contributed by atoms with Crippen LogP contribution >= 0.6 is 17.2 Å². The van der Waals surface area contributed by atoms with Crippen LogP contribution in [0.5, 0.6) is 0 Å². The van der Waals surface area contributed by atoms with Gasteiger partial charge < -0.3 is 22.1 Å². The topological polar surface area (TPSA) is 110 Å². The molecule has 0 aliphatic carbocycles. The molecule has 0 bridgehead atoms. The summed E-state index contributed by atoms with van der Waals surface area (Å²) in [5.74, 6) is 3.14. The van der Waals surface area contributed by atoms with Crippen molar-refractivity contribution in [2.75, 3.05) is 22.1 Å². The van der Waals surface area contributed by atoms with Crippen LogP contribution in [0.2, 0.25) is 0 Å². The van der Waals surface area contributed by atoms with Gasteiger partial charge in [-0.3, -0.25) is 9.59 Å². The fraction of sp³-hybridized carbons (Fsp3) is 0. The molecule has 0 spiro atoms. The second-order valence-electron chi connectivity index (χ2n) is 6.79. The van der Waals surface area contributed by atoms with Gasteiger partial charge in [-0.05, 0) is 63.7 Å². The van der Waals surface area contributed by atoms with E-state index in [0.717, 1.165) is 22.3 Å². The van der Waals surface area contributed by atoms with Crippen LogP contribution in [-0.4, -0.2) is 11.3 Å². The molecule has 0 radical (unpaired) electrons. The maximum Gasteiger partial charge on any atom is 0.246 e. The van der Waals surface area contributed by atoms with E-state index in [1.54, 1.807) is 23.8 Å². The van der Waals surface area contributed by atoms with E-state index in [2.05, 4.69) is 23.8 Å². The van der Waals surface area contributed by atoms with Gasteiger partial charge in [-0.2, -0.15) is 0 Å². The number of nitrogens with one attached hydrogen (secondary N) is 2. The van der Waals surface area contributed by atoms with Crippen molar-refractivity contribution in [3.8, 4) is 22.3 Å². The van der Waals surface area contributed by atoms with Gasteiger partial charge in [0.2, 0.25) is 11.3 Å². The van der Waals surface area contributed by atoms with Gasteiger partial charge in [0.05, 0.1) is 22.7 Å². The van der Waals surface area contributed by atoms with Crippen LogP contribution in [0.3, 0.4) is 0 Å². The first-order chi connectivity index (χ1) is 15.4. The Balaban J connectivity index is 1.76. The van der Waals surface area contributed by atoms with E-state index >= 15 is 0 Å². The lowest BCUT2D eigenvalue weighted by atomic mass is 9.99. The third kappa shape index (κ3) is 5.82. The van der Waals surface area contributed by atoms with E-state index < -0.39 is 0 Å². The first kappa shape index (κ1) is 23.2. The molecule has 8 heteroatoms. The van der Waals surface area contributed by atoms with Crippen molar-refractivity contribution in [2.45, 2.75) is 0 Å². The van der Waals surface area contributed by atoms with Crippen LogP contribution in [0.4, 0.5) is 32.3 Å². The van der Waals surface area contributed by atoms with Crippen molar-refractivity contribution in [3.63, 3.8) is 0 Å². The third-order valence-electron chi connectivity index (χ3n) is 4.62. The van der Waals surface area contributed by atoms with Crippen molar-refractivity contribution in [1.82, 2.24) is 0 Å². The predicted molar refractivity (Wildman–Crippen MR) is 141 cm³/mol. The zero-order valence-corrected chi connectivity index (χ0v) is 19.3. The molecule has 0 saturated carbocycles. The lowest BCUT2D eigenvalue weighted by Crippen LogP contribution is -2.05. The number of benzene rings is 3. The standard InChI is InChI=1S/C24H24N4O2P2/c1-3-31-23(29)27-21-11-9-17(13-19(21)25)15-5-7-16(8-6-15)18-10-12-22(20(26)14-18)28-24(30)32-4-2/h3-14,31-32H,1-2,25-26H2,(H,27,29)(H,28,30). The lowest BCUT2D eigenvalue weighted by Gasteiger charge is -2.11. The first-order valence-electron chi connectivity index (χ1n) is 9.68. The van der Waals surface area contributed by atoms with Crippen LogP contribution < -0.4 is 22.1 Å². The quantitative estimate of drug-likeness (QED) is 0.216. The highest BCUT2D eigenvalue weighted by molar-refractivity contribution is 7.61. The van der Waals surface area contributed by atoms with Gasteiger partial charge in [-0.15, -0.1) is 0 Å². The normalized spacial score (nSPS) is 11.0. The van der Waals surface area contributed by atoms with Gasteiger partial charge in [-0.1, -0.05) is 61.2 Å². The second kappa shape index (κ2) is 10.7. The van der Waals surface area contributed by atoms with Crippen LogP contribution in [0.25, 0.3) is 22.3 Å². The summed E-state index contributed by atoms with van der Waals surface area (Å²) in [6.45, 7) is 7.14. The summed E-state index contributed by atoms with van der Waals surface area (Å²) in [7, 11) is -0.0263. The minimum absolute atomic E-state index is 0.0131. The third-order valence-corrected chi connectivity index (χ3v) is 5.80. The molecular formula is C24H24N4O2P2. The molecule has 6 nitrogen and oxygen atoms in total. The fourth-order valence-corrected chi connectivity index (χ4v) is 3.85. The zero-order chi connectivity index (χ0) is 23.1. The minimum atomic E-state index is -0.130. The minimum Gasteiger partial charge on any atom is -0.397 e. The summed E-state index contributed by atoms with van der Waals surface area (Å²) in [5, 5.41) is 5.57. The molecule has 2 amide bonds. The molecule has 6 N–H and O–H groups in total. The second-order valence-corrected chi connectivity index (χ2v) is 9.09. The van der Waals surface area contributed by atoms with E-state index in [4.69, 9.17) is 11.5 Å². The summed E-state index contributed by atoms with van der Waals surface area (Å²) < 4.78 is 0. The van der Waals surface area contributed by atoms with Gasteiger partial charge in [0.1, 0.15) is 0 Å². The van der Waals surface area contributed by atoms with E-state index in [0.29, 0.717) is 22.7 Å². The predicted octanol–water partition coefficient (Wildman–Crippen LogP) is 6.89. The van der Waals surface area contributed by atoms with Crippen molar-refractivity contribution >= 4 is 51.2 Å². The Kier molecular flexibility index (Phi) is 7.77. The molecule has 0 saturated heterocycles. The Morgan fingerprint density at radius 2 is 1.00 bits per heavy atom. The van der Waals surface area contributed by atoms with Gasteiger partial charge >= 0.3 is 0 Å². The van der Waals surface area contributed by atoms with Crippen molar-refractivity contribution in [2.24, 2.45) is 0 Å². The molecule has 0 aliphatic rings. The molecule has 3 aromatic rings. The average molecular weight is 462 g/mol. The molecule has 0 fully saturated rings. The Morgan fingerprint density at radius 1 is 0.656 bits per heavy atom. The number of carbonyl (C=O) groups is 2. The molecule has 162 valence electrons. The first-order valence-corrected chi connectivity index (χ1v) is 11.8. The molecule has 2 atom stereocenters. The molecule has 3 aromatic carbocycles. The highest BCUT2D eigenvalue weighted by atomic mass is 31.1. The number of amides is 2. The molecular weight excluding hydrogens is 438 g/mol. The van der Waals surface area contributed by atoms with Gasteiger partial charge in [-0.25, -0.2) is 0 Å². The fourth-order valence-electron chi connectivity index (χ4n) is 3.07. The summed E-state index contributed by atoms with van der Waals surface area (Å²) >= 11 is 0. The van der Waals surface area contributed by atoms with Crippen LogP contribution in [-0.2, 0) is 0 Å². The largest absolute Gasteiger partial charge is 0.397 e. The number of hydrogen-bond donors (Lipinski definition) is 4. The number of nitrogens with two attached hydrogens (primary N) is 2. The maximum atomic E-state index is 11.8. The van der Waals surface area contributed by atoms with Crippen molar-refractivity contribution in [1.29, 1.82) is 0 Å². The smallest absolute Gasteiger partial charge is 0.246 e. The monoisotopic (exact) mass is 462 g/mol. The molecule has 0 aromatic heterocycles. The number of rotatable bonds is 8. The van der Waals surface area contributed by atoms with E-state index in [1.165, 1.54) is 0 Å². The Labute approximate surface area is 190 Å². The Bertz CT molecular complexity index is 1080. The summed E-state index contributed by atoms with van der Waals surface area (Å²) in [6, 6.07) is 19.1. The van der Waals surface area contributed by atoms with Crippen molar-refractivity contribution in [3.05, 3.63) is 85.5 Å². The van der Waals surface area contributed by atoms with E-state index in [1.807, 2.05) is 48.5 Å². The summed E-state index contributed by atoms with van der Waals surface area (Å²) in [4.78, 5) is 23.5. The highest BCUT2D eigenvalue weighted by Gasteiger charge is 2.08. The van der Waals surface area contributed by atoms with Gasteiger partial charge in [0, 0.05) is 0 Å². The zero-order valence-electron chi connectivity index (χ0n) is 17.3. The molecule has 0 aliphatic heterocycles. The van der Waals surface area contributed by atoms with Gasteiger partial charge in [0.25, 0.3) is 0 Å². The van der Waals surface area contributed by atoms with Crippen molar-refractivity contribution < 1.29 is 9.59 Å². The number of carbonyl (C=O) groups excluding carboxylic acids is 2. The van der Waals surface area contributed by atoms with Crippen LogP contribution in [0.1, 0.15) is 0 Å².